The van der Waals surface area contributed by atoms with Crippen molar-refractivity contribution in [3.8, 4) is 11.5 Å². The van der Waals surface area contributed by atoms with E-state index >= 15 is 0 Å². The van der Waals surface area contributed by atoms with Crippen LogP contribution in [0.15, 0.2) is 54.7 Å². The van der Waals surface area contributed by atoms with E-state index in [1.807, 2.05) is 42.6 Å². The minimum Gasteiger partial charge on any atom is -0.497 e. The maximum absolute atomic E-state index is 6.26. The monoisotopic (exact) mass is 301 g/mol. The largest absolute Gasteiger partial charge is 0.497 e. The number of methoxy groups -OCH3 is 1. The van der Waals surface area contributed by atoms with Gasteiger partial charge in [-0.2, -0.15) is 0 Å². The molecule has 1 aromatic heterocycles. The Hall–Kier alpha value is -2.13. The number of hydrogen-bond donors (Lipinski definition) is 0. The summed E-state index contributed by atoms with van der Waals surface area (Å²) in [7, 11) is 1.65. The molecule has 0 aliphatic rings. The van der Waals surface area contributed by atoms with Crippen LogP contribution >= 0.6 is 11.6 Å². The SMILES string of the molecule is COc1ccc(OCCn2ccc3cccc(Cl)c32)cc1. The Morgan fingerprint density at radius 1 is 1.00 bits per heavy atom. The molecule has 0 bridgehead atoms. The molecule has 0 atom stereocenters. The molecule has 0 saturated heterocycles. The average Bonchev–Trinajstić information content (AvgIpc) is 2.93. The molecular weight excluding hydrogens is 286 g/mol. The standard InChI is InChI=1S/C17H16ClNO2/c1-20-14-5-7-15(8-6-14)21-12-11-19-10-9-13-3-2-4-16(18)17(13)19/h2-10H,11-12H2,1H3. The first kappa shape index (κ1) is 13.8. The van der Waals surface area contributed by atoms with Crippen LogP contribution in [0.25, 0.3) is 10.9 Å². The third kappa shape index (κ3) is 2.98. The molecule has 3 rings (SSSR count). The topological polar surface area (TPSA) is 23.4 Å². The Balaban J connectivity index is 1.66. The number of fused-ring (bicyclic) bond motifs is 1. The molecule has 0 spiro atoms. The van der Waals surface area contributed by atoms with Crippen LogP contribution in [0.3, 0.4) is 0 Å². The third-order valence-corrected chi connectivity index (χ3v) is 3.70. The van der Waals surface area contributed by atoms with Crippen LogP contribution in [0.1, 0.15) is 0 Å². The summed E-state index contributed by atoms with van der Waals surface area (Å²) in [5.41, 5.74) is 1.05. The summed E-state index contributed by atoms with van der Waals surface area (Å²) in [5.74, 6) is 1.66. The summed E-state index contributed by atoms with van der Waals surface area (Å²) in [6.45, 7) is 1.33. The van der Waals surface area contributed by atoms with Gasteiger partial charge in [0.2, 0.25) is 0 Å². The second kappa shape index (κ2) is 6.10. The fourth-order valence-electron chi connectivity index (χ4n) is 2.33. The molecule has 3 aromatic rings. The Bertz CT molecular complexity index is 734. The van der Waals surface area contributed by atoms with Crippen molar-refractivity contribution in [1.82, 2.24) is 4.57 Å². The molecule has 4 heteroatoms. The van der Waals surface area contributed by atoms with Gasteiger partial charge >= 0.3 is 0 Å². The first-order chi connectivity index (χ1) is 10.3. The summed E-state index contributed by atoms with van der Waals surface area (Å²) >= 11 is 6.26. The Morgan fingerprint density at radius 3 is 2.52 bits per heavy atom. The lowest BCUT2D eigenvalue weighted by Gasteiger charge is -2.09. The molecule has 1 heterocycles. The van der Waals surface area contributed by atoms with Crippen LogP contribution in [-0.4, -0.2) is 18.3 Å². The summed E-state index contributed by atoms with van der Waals surface area (Å²) in [4.78, 5) is 0. The molecule has 0 unspecified atom stereocenters. The number of aromatic nitrogens is 1. The molecule has 2 aromatic carbocycles. The minimum atomic E-state index is 0.585. The number of rotatable bonds is 5. The van der Waals surface area contributed by atoms with E-state index in [-0.39, 0.29) is 0 Å². The molecular formula is C17H16ClNO2. The Morgan fingerprint density at radius 2 is 1.76 bits per heavy atom. The van der Waals surface area contributed by atoms with E-state index in [4.69, 9.17) is 21.1 Å². The van der Waals surface area contributed by atoms with Crippen LogP contribution in [0, 0.1) is 0 Å². The van der Waals surface area contributed by atoms with Gasteiger partial charge in [-0.1, -0.05) is 23.7 Å². The van der Waals surface area contributed by atoms with Crippen LogP contribution in [0.5, 0.6) is 11.5 Å². The maximum atomic E-state index is 6.26. The van der Waals surface area contributed by atoms with Gasteiger partial charge in [0.1, 0.15) is 18.1 Å². The van der Waals surface area contributed by atoms with Crippen LogP contribution in [0.2, 0.25) is 5.02 Å². The van der Waals surface area contributed by atoms with Crippen molar-refractivity contribution >= 4 is 22.5 Å². The molecule has 108 valence electrons. The Kier molecular flexibility index (Phi) is 4.02. The molecule has 0 aliphatic carbocycles. The lowest BCUT2D eigenvalue weighted by atomic mass is 10.2. The highest BCUT2D eigenvalue weighted by molar-refractivity contribution is 6.35. The zero-order chi connectivity index (χ0) is 14.7. The van der Waals surface area contributed by atoms with Crippen molar-refractivity contribution in [3.05, 3.63) is 59.8 Å². The highest BCUT2D eigenvalue weighted by Crippen LogP contribution is 2.24. The number of hydrogen-bond acceptors (Lipinski definition) is 2. The number of benzene rings is 2. The lowest BCUT2D eigenvalue weighted by molar-refractivity contribution is 0.300. The summed E-state index contributed by atoms with van der Waals surface area (Å²) < 4.78 is 13.0. The van der Waals surface area contributed by atoms with Crippen molar-refractivity contribution < 1.29 is 9.47 Å². The first-order valence-electron chi connectivity index (χ1n) is 6.78. The van der Waals surface area contributed by atoms with Crippen LogP contribution in [-0.2, 0) is 6.54 Å². The van der Waals surface area contributed by atoms with E-state index in [0.29, 0.717) is 6.61 Å². The summed E-state index contributed by atoms with van der Waals surface area (Å²) in [5, 5.41) is 1.91. The molecule has 0 saturated carbocycles. The second-order valence-electron chi connectivity index (χ2n) is 4.71. The highest BCUT2D eigenvalue weighted by Gasteiger charge is 2.05. The van der Waals surface area contributed by atoms with Gasteiger partial charge in [-0.05, 0) is 36.4 Å². The van der Waals surface area contributed by atoms with E-state index in [0.717, 1.165) is 34.0 Å². The molecule has 3 nitrogen and oxygen atoms in total. The zero-order valence-corrected chi connectivity index (χ0v) is 12.5. The lowest BCUT2D eigenvalue weighted by Crippen LogP contribution is -2.07. The van der Waals surface area contributed by atoms with Gasteiger partial charge in [0.15, 0.2) is 0 Å². The quantitative estimate of drug-likeness (QED) is 0.698. The number of ether oxygens (including phenoxy) is 2. The van der Waals surface area contributed by atoms with E-state index in [1.54, 1.807) is 7.11 Å². The fraction of sp³-hybridized carbons (Fsp3) is 0.176. The zero-order valence-electron chi connectivity index (χ0n) is 11.8. The number of para-hydroxylation sites is 1. The normalized spacial score (nSPS) is 10.8. The molecule has 0 fully saturated rings. The predicted octanol–water partition coefficient (Wildman–Crippen LogP) is 4.38. The predicted molar refractivity (Wildman–Crippen MR) is 85.4 cm³/mol. The van der Waals surface area contributed by atoms with Crippen LogP contribution < -0.4 is 9.47 Å². The summed E-state index contributed by atoms with van der Waals surface area (Å²) in [6, 6.07) is 15.6. The fourth-order valence-corrected chi connectivity index (χ4v) is 2.62. The molecule has 0 N–H and O–H groups in total. The van der Waals surface area contributed by atoms with Gasteiger partial charge in [-0.3, -0.25) is 0 Å². The van der Waals surface area contributed by atoms with Gasteiger partial charge < -0.3 is 14.0 Å². The van der Waals surface area contributed by atoms with Crippen molar-refractivity contribution in [1.29, 1.82) is 0 Å². The maximum Gasteiger partial charge on any atom is 0.119 e. The van der Waals surface area contributed by atoms with Crippen molar-refractivity contribution in [2.45, 2.75) is 6.54 Å². The summed E-state index contributed by atoms with van der Waals surface area (Å²) in [6.07, 6.45) is 2.04. The van der Waals surface area contributed by atoms with Crippen LogP contribution in [0.4, 0.5) is 0 Å². The second-order valence-corrected chi connectivity index (χ2v) is 5.12. The van der Waals surface area contributed by atoms with Crippen molar-refractivity contribution in [3.63, 3.8) is 0 Å². The molecule has 0 aliphatic heterocycles. The van der Waals surface area contributed by atoms with E-state index in [9.17, 15) is 0 Å². The number of nitrogens with zero attached hydrogens (tertiary/aromatic N) is 1. The molecule has 21 heavy (non-hydrogen) atoms. The van der Waals surface area contributed by atoms with Gasteiger partial charge in [0.25, 0.3) is 0 Å². The highest BCUT2D eigenvalue weighted by atomic mass is 35.5. The third-order valence-electron chi connectivity index (χ3n) is 3.40. The average molecular weight is 302 g/mol. The minimum absolute atomic E-state index is 0.585. The smallest absolute Gasteiger partial charge is 0.119 e. The van der Waals surface area contributed by atoms with E-state index in [1.165, 1.54) is 0 Å². The number of halogens is 1. The molecule has 0 amide bonds. The van der Waals surface area contributed by atoms with Gasteiger partial charge in [0.05, 0.1) is 24.2 Å². The first-order valence-corrected chi connectivity index (χ1v) is 7.16. The Labute approximate surface area is 128 Å². The molecule has 0 radical (unpaired) electrons. The van der Waals surface area contributed by atoms with Crippen molar-refractivity contribution in [2.75, 3.05) is 13.7 Å². The van der Waals surface area contributed by atoms with Crippen molar-refractivity contribution in [2.24, 2.45) is 0 Å². The van der Waals surface area contributed by atoms with Gasteiger partial charge in [-0.25, -0.2) is 0 Å². The van der Waals surface area contributed by atoms with Gasteiger partial charge in [0, 0.05) is 11.6 Å². The van der Waals surface area contributed by atoms with E-state index in [2.05, 4.69) is 16.7 Å². The van der Waals surface area contributed by atoms with Gasteiger partial charge in [-0.15, -0.1) is 0 Å². The van der Waals surface area contributed by atoms with E-state index < -0.39 is 0 Å².